The van der Waals surface area contributed by atoms with Gasteiger partial charge in [0.1, 0.15) is 5.75 Å². The van der Waals surface area contributed by atoms with Gasteiger partial charge in [-0.05, 0) is 40.2 Å². The standard InChI is InChI=1S/C15H12BrN3O2/c1-21-9-6-7-11-13(8-9)18-19-14(11)17-15(20)10-4-2-3-5-12(10)16/h2-8H,1H3,(H2,17,18,19,20). The molecule has 0 aliphatic carbocycles. The van der Waals surface area contributed by atoms with Crippen LogP contribution in [0, 0.1) is 0 Å². The molecule has 0 bridgehead atoms. The highest BCUT2D eigenvalue weighted by atomic mass is 79.9. The maximum absolute atomic E-state index is 12.3. The van der Waals surface area contributed by atoms with Gasteiger partial charge in [-0.15, -0.1) is 0 Å². The van der Waals surface area contributed by atoms with E-state index in [2.05, 4.69) is 31.4 Å². The van der Waals surface area contributed by atoms with Crippen LogP contribution in [0.2, 0.25) is 0 Å². The number of H-pyrrole nitrogens is 1. The number of fused-ring (bicyclic) bond motifs is 1. The Kier molecular flexibility index (Phi) is 3.62. The van der Waals surface area contributed by atoms with Crippen LogP contribution in [0.25, 0.3) is 10.9 Å². The summed E-state index contributed by atoms with van der Waals surface area (Å²) in [5, 5.41) is 10.7. The lowest BCUT2D eigenvalue weighted by Crippen LogP contribution is -2.12. The number of methoxy groups -OCH3 is 1. The molecular formula is C15H12BrN3O2. The first kappa shape index (κ1) is 13.6. The van der Waals surface area contributed by atoms with Gasteiger partial charge >= 0.3 is 0 Å². The van der Waals surface area contributed by atoms with E-state index in [1.165, 1.54) is 0 Å². The molecule has 21 heavy (non-hydrogen) atoms. The van der Waals surface area contributed by atoms with Gasteiger partial charge in [-0.2, -0.15) is 5.10 Å². The van der Waals surface area contributed by atoms with Crippen molar-refractivity contribution < 1.29 is 9.53 Å². The second-order valence-electron chi connectivity index (χ2n) is 4.42. The molecule has 2 aromatic carbocycles. The molecule has 0 saturated carbocycles. The van der Waals surface area contributed by atoms with Crippen molar-refractivity contribution in [2.45, 2.75) is 0 Å². The summed E-state index contributed by atoms with van der Waals surface area (Å²) in [6.07, 6.45) is 0. The minimum atomic E-state index is -0.216. The van der Waals surface area contributed by atoms with Gasteiger partial charge in [-0.3, -0.25) is 9.89 Å². The highest BCUT2D eigenvalue weighted by molar-refractivity contribution is 9.10. The van der Waals surface area contributed by atoms with Gasteiger partial charge in [-0.1, -0.05) is 12.1 Å². The summed E-state index contributed by atoms with van der Waals surface area (Å²) in [6, 6.07) is 12.7. The van der Waals surface area contributed by atoms with E-state index < -0.39 is 0 Å². The Balaban J connectivity index is 1.92. The maximum atomic E-state index is 12.3. The van der Waals surface area contributed by atoms with Crippen molar-refractivity contribution in [3.63, 3.8) is 0 Å². The first-order valence-electron chi connectivity index (χ1n) is 6.27. The van der Waals surface area contributed by atoms with Gasteiger partial charge in [-0.25, -0.2) is 0 Å². The number of rotatable bonds is 3. The third-order valence-electron chi connectivity index (χ3n) is 3.12. The van der Waals surface area contributed by atoms with E-state index >= 15 is 0 Å². The number of aromatic amines is 1. The SMILES string of the molecule is COc1ccc2c(NC(=O)c3ccccc3Br)n[nH]c2c1. The molecule has 0 unspecified atom stereocenters. The second kappa shape index (κ2) is 5.57. The van der Waals surface area contributed by atoms with Crippen molar-refractivity contribution in [1.82, 2.24) is 10.2 Å². The number of hydrogen-bond acceptors (Lipinski definition) is 3. The van der Waals surface area contributed by atoms with Crippen LogP contribution in [0.4, 0.5) is 5.82 Å². The molecule has 1 aromatic heterocycles. The lowest BCUT2D eigenvalue weighted by atomic mass is 10.2. The van der Waals surface area contributed by atoms with Crippen LogP contribution in [0.3, 0.4) is 0 Å². The monoisotopic (exact) mass is 345 g/mol. The molecule has 0 atom stereocenters. The molecule has 2 N–H and O–H groups in total. The largest absolute Gasteiger partial charge is 0.497 e. The van der Waals surface area contributed by atoms with E-state index in [-0.39, 0.29) is 5.91 Å². The number of ether oxygens (including phenoxy) is 1. The molecule has 0 fully saturated rings. The Morgan fingerprint density at radius 3 is 2.86 bits per heavy atom. The number of nitrogens with zero attached hydrogens (tertiary/aromatic N) is 1. The lowest BCUT2D eigenvalue weighted by Gasteiger charge is -2.04. The van der Waals surface area contributed by atoms with Crippen molar-refractivity contribution in [2.24, 2.45) is 0 Å². The quantitative estimate of drug-likeness (QED) is 0.762. The molecule has 1 heterocycles. The number of amides is 1. The summed E-state index contributed by atoms with van der Waals surface area (Å²) >= 11 is 3.36. The van der Waals surface area contributed by atoms with Crippen molar-refractivity contribution >= 4 is 38.6 Å². The number of halogens is 1. The minimum absolute atomic E-state index is 0.216. The van der Waals surface area contributed by atoms with E-state index in [1.54, 1.807) is 13.2 Å². The van der Waals surface area contributed by atoms with Gasteiger partial charge in [0.25, 0.3) is 5.91 Å². The van der Waals surface area contributed by atoms with Gasteiger partial charge in [0.15, 0.2) is 5.82 Å². The summed E-state index contributed by atoms with van der Waals surface area (Å²) in [6.45, 7) is 0. The number of aromatic nitrogens is 2. The molecule has 0 aliphatic heterocycles. The Bertz CT molecular complexity index is 814. The number of nitrogens with one attached hydrogen (secondary N) is 2. The number of carbonyl (C=O) groups is 1. The van der Waals surface area contributed by atoms with Crippen molar-refractivity contribution in [3.05, 3.63) is 52.5 Å². The first-order valence-corrected chi connectivity index (χ1v) is 7.06. The van der Waals surface area contributed by atoms with Crippen molar-refractivity contribution in [1.29, 1.82) is 0 Å². The number of anilines is 1. The average molecular weight is 346 g/mol. The number of benzene rings is 2. The Hall–Kier alpha value is -2.34. The fourth-order valence-corrected chi connectivity index (χ4v) is 2.51. The highest BCUT2D eigenvalue weighted by Gasteiger charge is 2.13. The number of carbonyl (C=O) groups excluding carboxylic acids is 1. The van der Waals surface area contributed by atoms with E-state index in [9.17, 15) is 4.79 Å². The van der Waals surface area contributed by atoms with E-state index in [4.69, 9.17) is 4.74 Å². The maximum Gasteiger partial charge on any atom is 0.258 e. The lowest BCUT2D eigenvalue weighted by molar-refractivity contribution is 0.102. The van der Waals surface area contributed by atoms with E-state index in [0.29, 0.717) is 11.4 Å². The normalized spacial score (nSPS) is 10.6. The zero-order valence-electron chi connectivity index (χ0n) is 11.2. The Morgan fingerprint density at radius 1 is 1.29 bits per heavy atom. The summed E-state index contributed by atoms with van der Waals surface area (Å²) < 4.78 is 5.90. The van der Waals surface area contributed by atoms with Crippen LogP contribution in [-0.4, -0.2) is 23.2 Å². The number of hydrogen-bond donors (Lipinski definition) is 2. The molecular weight excluding hydrogens is 334 g/mol. The fraction of sp³-hybridized carbons (Fsp3) is 0.0667. The molecule has 0 radical (unpaired) electrons. The van der Waals surface area contributed by atoms with Gasteiger partial charge < -0.3 is 10.1 Å². The molecule has 106 valence electrons. The summed E-state index contributed by atoms with van der Waals surface area (Å²) in [4.78, 5) is 12.3. The van der Waals surface area contributed by atoms with Gasteiger partial charge in [0.2, 0.25) is 0 Å². The average Bonchev–Trinajstić information content (AvgIpc) is 2.89. The molecule has 1 amide bonds. The predicted molar refractivity (Wildman–Crippen MR) is 84.7 cm³/mol. The summed E-state index contributed by atoms with van der Waals surface area (Å²) in [5.41, 5.74) is 1.36. The zero-order chi connectivity index (χ0) is 14.8. The Labute approximate surface area is 129 Å². The van der Waals surface area contributed by atoms with Crippen LogP contribution in [-0.2, 0) is 0 Å². The first-order chi connectivity index (χ1) is 10.2. The topological polar surface area (TPSA) is 67.0 Å². The molecule has 3 rings (SSSR count). The van der Waals surface area contributed by atoms with Gasteiger partial charge in [0.05, 0.1) is 18.2 Å². The summed E-state index contributed by atoms with van der Waals surface area (Å²) in [7, 11) is 1.60. The van der Waals surface area contributed by atoms with E-state index in [0.717, 1.165) is 21.1 Å². The predicted octanol–water partition coefficient (Wildman–Crippen LogP) is 3.59. The van der Waals surface area contributed by atoms with Crippen molar-refractivity contribution in [3.8, 4) is 5.75 Å². The molecule has 5 nitrogen and oxygen atoms in total. The zero-order valence-corrected chi connectivity index (χ0v) is 12.8. The molecule has 0 saturated heterocycles. The van der Waals surface area contributed by atoms with Crippen LogP contribution >= 0.6 is 15.9 Å². The third-order valence-corrected chi connectivity index (χ3v) is 3.81. The Morgan fingerprint density at radius 2 is 2.10 bits per heavy atom. The highest BCUT2D eigenvalue weighted by Crippen LogP contribution is 2.25. The molecule has 0 spiro atoms. The smallest absolute Gasteiger partial charge is 0.258 e. The third kappa shape index (κ3) is 2.62. The van der Waals surface area contributed by atoms with E-state index in [1.807, 2.05) is 36.4 Å². The van der Waals surface area contributed by atoms with Gasteiger partial charge in [0, 0.05) is 15.9 Å². The summed E-state index contributed by atoms with van der Waals surface area (Å²) in [5.74, 6) is 1.01. The van der Waals surface area contributed by atoms with Crippen LogP contribution < -0.4 is 10.1 Å². The molecule has 0 aliphatic rings. The van der Waals surface area contributed by atoms with Crippen molar-refractivity contribution in [2.75, 3.05) is 12.4 Å². The second-order valence-corrected chi connectivity index (χ2v) is 5.27. The van der Waals surface area contributed by atoms with Crippen LogP contribution in [0.5, 0.6) is 5.75 Å². The fourth-order valence-electron chi connectivity index (χ4n) is 2.04. The van der Waals surface area contributed by atoms with Crippen LogP contribution in [0.15, 0.2) is 46.9 Å². The molecule has 3 aromatic rings. The minimum Gasteiger partial charge on any atom is -0.497 e. The molecule has 6 heteroatoms. The van der Waals surface area contributed by atoms with Crippen LogP contribution in [0.1, 0.15) is 10.4 Å².